The van der Waals surface area contributed by atoms with Gasteiger partial charge < -0.3 is 4.42 Å². The number of hydrogen-bond acceptors (Lipinski definition) is 6. The van der Waals surface area contributed by atoms with Gasteiger partial charge in [0, 0.05) is 7.05 Å². The van der Waals surface area contributed by atoms with E-state index in [0.717, 1.165) is 4.57 Å². The van der Waals surface area contributed by atoms with E-state index in [-0.39, 0.29) is 11.9 Å². The molecule has 3 aromatic rings. The van der Waals surface area contributed by atoms with Crippen LogP contribution in [0.1, 0.15) is 21.9 Å². The summed E-state index contributed by atoms with van der Waals surface area (Å²) in [7, 11) is 1.66. The first-order valence-electron chi connectivity index (χ1n) is 7.51. The van der Waals surface area contributed by atoms with Gasteiger partial charge in [-0.15, -0.1) is 0 Å². The Morgan fingerprint density at radius 2 is 2.04 bits per heavy atom. The van der Waals surface area contributed by atoms with Gasteiger partial charge in [0.05, 0.1) is 5.56 Å². The number of aryl methyl sites for hydroxylation is 3. The Morgan fingerprint density at radius 3 is 2.69 bits per heavy atom. The Kier molecular flexibility index (Phi) is 4.64. The van der Waals surface area contributed by atoms with Crippen molar-refractivity contribution in [2.75, 3.05) is 0 Å². The average Bonchev–Trinajstić information content (AvgIpc) is 3.06. The fraction of sp³-hybridized carbons (Fsp3) is 0.267. The van der Waals surface area contributed by atoms with E-state index in [0.29, 0.717) is 27.3 Å². The number of halogens is 1. The lowest BCUT2D eigenvalue weighted by Gasteiger charge is -2.08. The number of carbonyl (C=O) groups excluding carboxylic acids is 2. The molecule has 0 atom stereocenters. The first-order chi connectivity index (χ1) is 12.3. The van der Waals surface area contributed by atoms with Crippen molar-refractivity contribution in [1.82, 2.24) is 30.2 Å². The molecule has 3 heterocycles. The van der Waals surface area contributed by atoms with Gasteiger partial charge in [0.25, 0.3) is 17.4 Å². The van der Waals surface area contributed by atoms with Crippen molar-refractivity contribution in [2.45, 2.75) is 20.4 Å². The monoisotopic (exact) mass is 422 g/mol. The van der Waals surface area contributed by atoms with Gasteiger partial charge in [0.15, 0.2) is 5.65 Å². The molecule has 0 bridgehead atoms. The van der Waals surface area contributed by atoms with Crippen LogP contribution in [-0.2, 0) is 18.4 Å². The van der Waals surface area contributed by atoms with E-state index in [2.05, 4.69) is 36.9 Å². The van der Waals surface area contributed by atoms with E-state index >= 15 is 0 Å². The van der Waals surface area contributed by atoms with E-state index in [1.165, 1.54) is 11.0 Å². The van der Waals surface area contributed by atoms with Crippen LogP contribution in [0.3, 0.4) is 0 Å². The molecule has 2 amide bonds. The number of carbonyl (C=O) groups is 2. The molecule has 0 aromatic carbocycles. The van der Waals surface area contributed by atoms with Crippen molar-refractivity contribution in [3.63, 3.8) is 0 Å². The van der Waals surface area contributed by atoms with E-state index < -0.39 is 17.4 Å². The first kappa shape index (κ1) is 17.9. The molecule has 0 unspecified atom stereocenters. The Morgan fingerprint density at radius 1 is 1.31 bits per heavy atom. The molecular formula is C15H15BrN6O4. The number of rotatable bonds is 3. The Labute approximate surface area is 155 Å². The lowest BCUT2D eigenvalue weighted by Crippen LogP contribution is -2.44. The second-order valence-corrected chi connectivity index (χ2v) is 6.37. The second-order valence-electron chi connectivity index (χ2n) is 5.62. The van der Waals surface area contributed by atoms with Gasteiger partial charge >= 0.3 is 0 Å². The maximum absolute atomic E-state index is 12.5. The van der Waals surface area contributed by atoms with Gasteiger partial charge in [-0.3, -0.25) is 29.8 Å². The number of hydrogen-bond donors (Lipinski definition) is 2. The van der Waals surface area contributed by atoms with Gasteiger partial charge in [-0.1, -0.05) is 0 Å². The third kappa shape index (κ3) is 3.25. The highest BCUT2D eigenvalue weighted by Gasteiger charge is 2.16. The first-order valence-corrected chi connectivity index (χ1v) is 8.31. The molecular weight excluding hydrogens is 408 g/mol. The normalized spacial score (nSPS) is 10.9. The zero-order valence-corrected chi connectivity index (χ0v) is 15.7. The van der Waals surface area contributed by atoms with Gasteiger partial charge in [-0.25, -0.2) is 9.67 Å². The second kappa shape index (κ2) is 6.75. The van der Waals surface area contributed by atoms with Crippen molar-refractivity contribution >= 4 is 38.8 Å². The molecule has 0 aliphatic heterocycles. The maximum atomic E-state index is 12.5. The predicted molar refractivity (Wildman–Crippen MR) is 94.3 cm³/mol. The number of nitrogens with one attached hydrogen (secondary N) is 2. The van der Waals surface area contributed by atoms with Crippen molar-refractivity contribution in [1.29, 1.82) is 0 Å². The molecule has 2 N–H and O–H groups in total. The summed E-state index contributed by atoms with van der Waals surface area (Å²) < 4.78 is 8.20. The molecule has 0 aliphatic rings. The molecule has 0 fully saturated rings. The van der Waals surface area contributed by atoms with Crippen LogP contribution in [0, 0.1) is 13.8 Å². The van der Waals surface area contributed by atoms with E-state index in [1.807, 2.05) is 0 Å². The molecule has 3 aromatic heterocycles. The summed E-state index contributed by atoms with van der Waals surface area (Å²) in [4.78, 5) is 40.7. The third-order valence-corrected chi connectivity index (χ3v) is 4.24. The fourth-order valence-corrected chi connectivity index (χ4v) is 3.08. The molecule has 136 valence electrons. The number of hydrazine groups is 1. The van der Waals surface area contributed by atoms with E-state index in [1.54, 1.807) is 27.0 Å². The zero-order valence-electron chi connectivity index (χ0n) is 14.2. The minimum atomic E-state index is -0.584. The molecule has 0 saturated heterocycles. The van der Waals surface area contributed by atoms with Crippen LogP contribution in [0.25, 0.3) is 11.0 Å². The quantitative estimate of drug-likeness (QED) is 0.594. The summed E-state index contributed by atoms with van der Waals surface area (Å²) in [5.41, 5.74) is 4.85. The standard InChI is InChI=1S/C15H15BrN6O4/c1-7-4-9(8(2)26-7)14(24)19-18-10(23)5-22-6-17-13-11(15(22)25)12(16)20-21(13)3/h4,6H,5H2,1-3H3,(H,18,23)(H,19,24). The SMILES string of the molecule is Cc1cc(C(=O)NNC(=O)Cn2cnc3c(c(Br)nn3C)c2=O)c(C)o1. The van der Waals surface area contributed by atoms with Crippen molar-refractivity contribution in [2.24, 2.45) is 7.05 Å². The highest BCUT2D eigenvalue weighted by atomic mass is 79.9. The summed E-state index contributed by atoms with van der Waals surface area (Å²) in [6, 6.07) is 1.57. The lowest BCUT2D eigenvalue weighted by molar-refractivity contribution is -0.122. The molecule has 26 heavy (non-hydrogen) atoms. The van der Waals surface area contributed by atoms with Crippen molar-refractivity contribution in [3.8, 4) is 0 Å². The topological polar surface area (TPSA) is 124 Å². The number of amides is 2. The Balaban J connectivity index is 1.71. The zero-order chi connectivity index (χ0) is 19.0. The summed E-state index contributed by atoms with van der Waals surface area (Å²) in [5.74, 6) is -0.0587. The highest BCUT2D eigenvalue weighted by Crippen LogP contribution is 2.16. The van der Waals surface area contributed by atoms with Crippen LogP contribution < -0.4 is 16.4 Å². The fourth-order valence-electron chi connectivity index (χ4n) is 2.49. The number of nitrogens with zero attached hydrogens (tertiary/aromatic N) is 4. The Hall–Kier alpha value is -2.95. The summed E-state index contributed by atoms with van der Waals surface area (Å²) >= 11 is 3.20. The number of fused-ring (bicyclic) bond motifs is 1. The molecule has 0 radical (unpaired) electrons. The molecule has 0 aliphatic carbocycles. The van der Waals surface area contributed by atoms with Gasteiger partial charge in [0.1, 0.15) is 34.4 Å². The van der Waals surface area contributed by atoms with Gasteiger partial charge in [0.2, 0.25) is 0 Å². The van der Waals surface area contributed by atoms with Crippen LogP contribution in [0.4, 0.5) is 0 Å². The number of furan rings is 1. The smallest absolute Gasteiger partial charge is 0.273 e. The highest BCUT2D eigenvalue weighted by molar-refractivity contribution is 9.10. The van der Waals surface area contributed by atoms with Crippen LogP contribution >= 0.6 is 15.9 Å². The predicted octanol–water partition coefficient (Wildman–Crippen LogP) is 0.564. The van der Waals surface area contributed by atoms with E-state index in [9.17, 15) is 14.4 Å². The van der Waals surface area contributed by atoms with Crippen LogP contribution in [-0.4, -0.2) is 31.1 Å². The molecule has 0 saturated carbocycles. The molecule has 0 spiro atoms. The average molecular weight is 423 g/mol. The van der Waals surface area contributed by atoms with Gasteiger partial charge in [-0.2, -0.15) is 5.10 Å². The largest absolute Gasteiger partial charge is 0.466 e. The number of aromatic nitrogens is 4. The van der Waals surface area contributed by atoms with Gasteiger partial charge in [-0.05, 0) is 35.8 Å². The summed E-state index contributed by atoms with van der Waals surface area (Å²) in [5, 5.41) is 4.34. The van der Waals surface area contributed by atoms with Crippen LogP contribution in [0.5, 0.6) is 0 Å². The summed E-state index contributed by atoms with van der Waals surface area (Å²) in [6.07, 6.45) is 1.25. The van der Waals surface area contributed by atoms with Crippen molar-refractivity contribution < 1.29 is 14.0 Å². The minimum absolute atomic E-state index is 0.274. The minimum Gasteiger partial charge on any atom is -0.466 e. The third-order valence-electron chi connectivity index (χ3n) is 3.68. The van der Waals surface area contributed by atoms with Crippen molar-refractivity contribution in [3.05, 3.63) is 44.4 Å². The maximum Gasteiger partial charge on any atom is 0.273 e. The summed E-state index contributed by atoms with van der Waals surface area (Å²) in [6.45, 7) is 3.05. The lowest BCUT2D eigenvalue weighted by atomic mass is 10.2. The Bertz CT molecular complexity index is 1080. The molecule has 11 heteroatoms. The molecule has 10 nitrogen and oxygen atoms in total. The van der Waals surface area contributed by atoms with Crippen LogP contribution in [0.15, 0.2) is 26.2 Å². The van der Waals surface area contributed by atoms with Crippen LogP contribution in [0.2, 0.25) is 0 Å². The van der Waals surface area contributed by atoms with E-state index in [4.69, 9.17) is 4.42 Å². The molecule has 3 rings (SSSR count).